The molecule has 0 aliphatic carbocycles. The smallest absolute Gasteiger partial charge is 0.137 e. The Morgan fingerprint density at radius 1 is 0.345 bits per heavy atom. The summed E-state index contributed by atoms with van der Waals surface area (Å²) >= 11 is 0. The third-order valence-corrected chi connectivity index (χ3v) is 11.6. The normalized spacial score (nSPS) is 11.8. The molecule has 4 heteroatoms. The number of benzene rings is 9. The van der Waals surface area contributed by atoms with Gasteiger partial charge in [0.1, 0.15) is 22.3 Å². The molecule has 0 unspecified atom stereocenters. The lowest BCUT2D eigenvalue weighted by Crippen LogP contribution is -2.10. The fraction of sp³-hybridized carbons (Fsp3) is 0. The molecule has 9 aromatic carbocycles. The second-order valence-corrected chi connectivity index (χ2v) is 14.9. The number of hydrogen-bond acceptors (Lipinski definition) is 3. The van der Waals surface area contributed by atoms with Crippen molar-refractivity contribution in [3.63, 3.8) is 0 Å². The van der Waals surface area contributed by atoms with Gasteiger partial charge in [0.25, 0.3) is 0 Å². The monoisotopic (exact) mass is 742 g/mol. The van der Waals surface area contributed by atoms with Crippen molar-refractivity contribution in [3.8, 4) is 27.9 Å². The van der Waals surface area contributed by atoms with E-state index in [1.807, 2.05) is 24.3 Å². The highest BCUT2D eigenvalue weighted by Gasteiger charge is 2.21. The van der Waals surface area contributed by atoms with Crippen molar-refractivity contribution in [2.45, 2.75) is 0 Å². The molecule has 272 valence electrons. The Labute approximate surface area is 334 Å². The maximum Gasteiger partial charge on any atom is 0.137 e. The van der Waals surface area contributed by atoms with Gasteiger partial charge in [0, 0.05) is 49.9 Å². The van der Waals surface area contributed by atoms with E-state index in [2.05, 4.69) is 191 Å². The lowest BCUT2D eigenvalue weighted by atomic mass is 9.97. The summed E-state index contributed by atoms with van der Waals surface area (Å²) in [6.07, 6.45) is 0. The van der Waals surface area contributed by atoms with E-state index >= 15 is 0 Å². The minimum Gasteiger partial charge on any atom is -0.456 e. The van der Waals surface area contributed by atoms with Crippen LogP contribution in [-0.2, 0) is 0 Å². The Bertz CT molecular complexity index is 3480. The number of nitrogens with zero attached hydrogens (tertiary/aromatic N) is 2. The number of rotatable bonds is 6. The molecule has 0 saturated heterocycles. The van der Waals surface area contributed by atoms with E-state index in [9.17, 15) is 0 Å². The molecule has 0 bridgehead atoms. The van der Waals surface area contributed by atoms with E-state index < -0.39 is 0 Å². The fourth-order valence-electron chi connectivity index (χ4n) is 8.99. The van der Waals surface area contributed by atoms with E-state index in [1.54, 1.807) is 0 Å². The largest absolute Gasteiger partial charge is 0.456 e. The van der Waals surface area contributed by atoms with Crippen molar-refractivity contribution in [1.82, 2.24) is 4.57 Å². The van der Waals surface area contributed by atoms with Crippen LogP contribution >= 0.6 is 0 Å². The van der Waals surface area contributed by atoms with Gasteiger partial charge in [0.15, 0.2) is 0 Å². The molecule has 0 N–H and O–H groups in total. The Morgan fingerprint density at radius 2 is 0.914 bits per heavy atom. The minimum atomic E-state index is 0.850. The standard InChI is InChI=1S/C54H34N2O2/c1-6-20-46(56-47-21-7-2-16-41(47)42-17-3-8-22-48(42)56)40(15-1)37-14-11-13-36(33-37)35-27-29-38(30-28-35)55(39-31-32-44-43-18-4-9-24-50(43)58-53(44)34-39)49-23-12-26-52-54(49)45-19-5-10-25-51(45)57-52/h1-34H. The molecule has 0 aliphatic rings. The van der Waals surface area contributed by atoms with Crippen LogP contribution in [0.5, 0.6) is 0 Å². The van der Waals surface area contributed by atoms with Gasteiger partial charge in [-0.25, -0.2) is 0 Å². The van der Waals surface area contributed by atoms with Crippen molar-refractivity contribution >= 4 is 82.7 Å². The van der Waals surface area contributed by atoms with E-state index in [4.69, 9.17) is 8.83 Å². The third kappa shape index (κ3) is 5.02. The number of fused-ring (bicyclic) bond motifs is 9. The predicted octanol–water partition coefficient (Wildman–Crippen LogP) is 15.4. The Hall–Kier alpha value is -7.82. The van der Waals surface area contributed by atoms with Gasteiger partial charge in [-0.15, -0.1) is 0 Å². The summed E-state index contributed by atoms with van der Waals surface area (Å²) < 4.78 is 15.2. The Balaban J connectivity index is 0.981. The first kappa shape index (κ1) is 32.4. The van der Waals surface area contributed by atoms with Gasteiger partial charge in [0.05, 0.1) is 27.8 Å². The van der Waals surface area contributed by atoms with Gasteiger partial charge in [-0.05, 0) is 89.5 Å². The van der Waals surface area contributed by atoms with Crippen LogP contribution in [0.4, 0.5) is 17.1 Å². The highest BCUT2D eigenvalue weighted by Crippen LogP contribution is 2.45. The topological polar surface area (TPSA) is 34.5 Å². The molecule has 58 heavy (non-hydrogen) atoms. The molecule has 3 aromatic heterocycles. The van der Waals surface area contributed by atoms with Crippen LogP contribution in [0.2, 0.25) is 0 Å². The summed E-state index contributed by atoms with van der Waals surface area (Å²) in [5, 5.41) is 6.87. The van der Waals surface area contributed by atoms with Crippen LogP contribution < -0.4 is 4.90 Å². The van der Waals surface area contributed by atoms with Crippen molar-refractivity contribution in [3.05, 3.63) is 206 Å². The quantitative estimate of drug-likeness (QED) is 0.170. The number of aromatic nitrogens is 1. The van der Waals surface area contributed by atoms with E-state index in [0.717, 1.165) is 77.8 Å². The number of hydrogen-bond donors (Lipinski definition) is 0. The van der Waals surface area contributed by atoms with Gasteiger partial charge >= 0.3 is 0 Å². The van der Waals surface area contributed by atoms with Crippen LogP contribution in [0.25, 0.3) is 93.6 Å². The van der Waals surface area contributed by atoms with Crippen LogP contribution in [0.3, 0.4) is 0 Å². The summed E-state index contributed by atoms with van der Waals surface area (Å²) in [6, 6.07) is 73.2. The molecular formula is C54H34N2O2. The third-order valence-electron chi connectivity index (χ3n) is 11.6. The zero-order valence-corrected chi connectivity index (χ0v) is 31.3. The fourth-order valence-corrected chi connectivity index (χ4v) is 8.99. The Kier molecular flexibility index (Phi) is 7.20. The summed E-state index contributed by atoms with van der Waals surface area (Å²) in [6.45, 7) is 0. The molecule has 0 atom stereocenters. The van der Waals surface area contributed by atoms with E-state index in [1.165, 1.54) is 32.9 Å². The number of para-hydroxylation sites is 5. The number of anilines is 3. The van der Waals surface area contributed by atoms with Crippen LogP contribution in [-0.4, -0.2) is 4.57 Å². The van der Waals surface area contributed by atoms with Gasteiger partial charge < -0.3 is 18.3 Å². The molecule has 12 rings (SSSR count). The maximum absolute atomic E-state index is 6.41. The van der Waals surface area contributed by atoms with Gasteiger partial charge in [-0.2, -0.15) is 0 Å². The van der Waals surface area contributed by atoms with Crippen LogP contribution in [0.15, 0.2) is 215 Å². The molecular weight excluding hydrogens is 709 g/mol. The average Bonchev–Trinajstić information content (AvgIpc) is 3.96. The molecule has 0 fully saturated rings. The first-order valence-electron chi connectivity index (χ1n) is 19.7. The predicted molar refractivity (Wildman–Crippen MR) is 241 cm³/mol. The molecule has 0 radical (unpaired) electrons. The summed E-state index contributed by atoms with van der Waals surface area (Å²) in [4.78, 5) is 2.32. The molecule has 3 heterocycles. The highest BCUT2D eigenvalue weighted by atomic mass is 16.3. The first-order valence-corrected chi connectivity index (χ1v) is 19.7. The molecule has 0 amide bonds. The molecule has 0 aliphatic heterocycles. The second kappa shape index (κ2) is 12.9. The zero-order valence-electron chi connectivity index (χ0n) is 31.3. The molecule has 4 nitrogen and oxygen atoms in total. The lowest BCUT2D eigenvalue weighted by molar-refractivity contribution is 0.669. The van der Waals surface area contributed by atoms with Gasteiger partial charge in [0.2, 0.25) is 0 Å². The SMILES string of the molecule is c1cc(-c2ccc(N(c3ccc4c(c3)oc3ccccc34)c3cccc4oc5ccccc5c34)cc2)cc(-c2ccccc2-n2c3ccccc3c3ccccc32)c1. The summed E-state index contributed by atoms with van der Waals surface area (Å²) in [5.74, 6) is 0. The lowest BCUT2D eigenvalue weighted by Gasteiger charge is -2.26. The number of furan rings is 2. The molecule has 0 spiro atoms. The van der Waals surface area contributed by atoms with Crippen LogP contribution in [0, 0.1) is 0 Å². The van der Waals surface area contributed by atoms with Gasteiger partial charge in [-0.1, -0.05) is 127 Å². The van der Waals surface area contributed by atoms with E-state index in [-0.39, 0.29) is 0 Å². The first-order chi connectivity index (χ1) is 28.8. The molecule has 0 saturated carbocycles. The van der Waals surface area contributed by atoms with Gasteiger partial charge in [-0.3, -0.25) is 0 Å². The van der Waals surface area contributed by atoms with Crippen molar-refractivity contribution < 1.29 is 8.83 Å². The zero-order chi connectivity index (χ0) is 38.2. The second-order valence-electron chi connectivity index (χ2n) is 14.9. The van der Waals surface area contributed by atoms with Crippen molar-refractivity contribution in [2.24, 2.45) is 0 Å². The minimum absolute atomic E-state index is 0.850. The summed E-state index contributed by atoms with van der Waals surface area (Å²) in [7, 11) is 0. The maximum atomic E-state index is 6.41. The molecule has 12 aromatic rings. The van der Waals surface area contributed by atoms with E-state index in [0.29, 0.717) is 0 Å². The van der Waals surface area contributed by atoms with Crippen molar-refractivity contribution in [2.75, 3.05) is 4.90 Å². The van der Waals surface area contributed by atoms with Crippen LogP contribution in [0.1, 0.15) is 0 Å². The average molecular weight is 743 g/mol. The Morgan fingerprint density at radius 3 is 1.71 bits per heavy atom. The summed E-state index contributed by atoms with van der Waals surface area (Å²) in [5.41, 5.74) is 14.7. The highest BCUT2D eigenvalue weighted by molar-refractivity contribution is 6.14. The van der Waals surface area contributed by atoms with Crippen molar-refractivity contribution in [1.29, 1.82) is 0 Å².